The Kier molecular flexibility index (Phi) is 77.5. The first-order valence-electron chi connectivity index (χ1n) is 5.56. The maximum atomic E-state index is 2.18. The van der Waals surface area contributed by atoms with Gasteiger partial charge in [-0.05, 0) is 5.92 Å². The van der Waals surface area contributed by atoms with Crippen LogP contribution in [-0.4, -0.2) is 23.9 Å². The van der Waals surface area contributed by atoms with Gasteiger partial charge in [-0.1, -0.05) is 74.1 Å². The first kappa shape index (κ1) is 29.4. The molecule has 0 N–H and O–H groups in total. The molecule has 0 heterocycles. The van der Waals surface area contributed by atoms with Crippen molar-refractivity contribution in [1.29, 1.82) is 0 Å². The van der Waals surface area contributed by atoms with Crippen LogP contribution in [0.4, 0.5) is 0 Å². The van der Waals surface area contributed by atoms with Crippen LogP contribution in [-0.2, 0) is 0 Å². The fourth-order valence-electron chi connectivity index (χ4n) is 0. The van der Waals surface area contributed by atoms with Gasteiger partial charge in [0, 0.05) is 23.9 Å². The molecule has 0 aliphatic rings. The maximum Gasteiger partial charge on any atom is 0 e. The van der Waals surface area contributed by atoms with Crippen molar-refractivity contribution in [3.63, 3.8) is 0 Å². The summed E-state index contributed by atoms with van der Waals surface area (Å²) >= 11 is 0. The Labute approximate surface area is 116 Å². The monoisotopic (exact) mass is 329 g/mol. The third-order valence-electron chi connectivity index (χ3n) is 1.000. The summed E-state index contributed by atoms with van der Waals surface area (Å²) < 4.78 is 0. The van der Waals surface area contributed by atoms with E-state index in [1.54, 1.807) is 0 Å². The Morgan fingerprint density at radius 1 is 0.643 bits per heavy atom. The molecule has 4 radical (unpaired) electrons. The van der Waals surface area contributed by atoms with E-state index >= 15 is 0 Å². The largest absolute Gasteiger partial charge is 1.00 e. The Balaban J connectivity index is -0.0000000270. The normalized spacial score (nSPS) is 6.86. The zero-order chi connectivity index (χ0) is 10.4. The van der Waals surface area contributed by atoms with Crippen molar-refractivity contribution in [3.05, 3.63) is 0 Å². The summed E-state index contributed by atoms with van der Waals surface area (Å²) in [6, 6.07) is 0. The van der Waals surface area contributed by atoms with Gasteiger partial charge in [0.2, 0.25) is 0 Å². The van der Waals surface area contributed by atoms with Crippen molar-refractivity contribution in [2.24, 2.45) is 5.92 Å². The molecule has 0 nitrogen and oxygen atoms in total. The predicted octanol–water partition coefficient (Wildman–Crippen LogP) is 1.90. The van der Waals surface area contributed by atoms with Crippen LogP contribution in [0.2, 0.25) is 0 Å². The Hall–Kier alpha value is 1.09. The second-order valence-corrected chi connectivity index (χ2v) is 3.73. The first-order chi connectivity index (χ1) is 5.56. The van der Waals surface area contributed by atoms with E-state index in [2.05, 4.69) is 48.5 Å². The summed E-state index contributed by atoms with van der Waals surface area (Å²) in [5, 5.41) is 0. The van der Waals surface area contributed by atoms with E-state index in [0.29, 0.717) is 0 Å². The maximum absolute atomic E-state index is 2.18. The average Bonchev–Trinajstić information content (AvgIpc) is 2.03. The van der Waals surface area contributed by atoms with Gasteiger partial charge >= 0.3 is 0 Å². The molecule has 0 aliphatic carbocycles. The average molecular weight is 329 g/mol. The van der Waals surface area contributed by atoms with Crippen LogP contribution in [0.3, 0.4) is 0 Å². The smallest absolute Gasteiger partial charge is 0 e. The van der Waals surface area contributed by atoms with Gasteiger partial charge in [0.05, 0.1) is 0 Å². The summed E-state index contributed by atoms with van der Waals surface area (Å²) in [4.78, 5) is 0. The summed E-state index contributed by atoms with van der Waals surface area (Å²) in [6.07, 6.45) is 5.28. The van der Waals surface area contributed by atoms with Crippen LogP contribution < -0.4 is 12.4 Å². The molecule has 90 valence electrons. The molecule has 0 fully saturated rings. The molecule has 0 rings (SSSR count). The van der Waals surface area contributed by atoms with Gasteiger partial charge in [-0.3, -0.25) is 0 Å². The van der Waals surface area contributed by atoms with E-state index in [1.807, 2.05) is 0 Å². The summed E-state index contributed by atoms with van der Waals surface area (Å²) in [7, 11) is 0. The van der Waals surface area contributed by atoms with Crippen molar-refractivity contribution in [2.45, 2.75) is 74.1 Å². The second kappa shape index (κ2) is 36.9. The van der Waals surface area contributed by atoms with Crippen molar-refractivity contribution < 1.29 is 12.4 Å². The quantitative estimate of drug-likeness (QED) is 0.679. The molecule has 0 aliphatic heterocycles. The van der Waals surface area contributed by atoms with E-state index in [1.165, 1.54) is 25.7 Å². The molecular formula is C12H30ClSn-. The molecule has 2 heteroatoms. The minimum absolute atomic E-state index is 0. The number of unbranched alkanes of at least 4 members (excludes halogenated alkanes) is 2. The number of halogens is 1. The van der Waals surface area contributed by atoms with E-state index in [-0.39, 0.29) is 36.3 Å². The van der Waals surface area contributed by atoms with Crippen LogP contribution in [0, 0.1) is 5.92 Å². The molecule has 0 aromatic carbocycles. The molecule has 0 saturated carbocycles. The van der Waals surface area contributed by atoms with E-state index in [9.17, 15) is 0 Å². The summed E-state index contributed by atoms with van der Waals surface area (Å²) in [6.45, 7) is 15.2. The van der Waals surface area contributed by atoms with Crippen LogP contribution >= 0.6 is 0 Å². The topological polar surface area (TPSA) is 0 Å². The minimum atomic E-state index is 0. The molecule has 0 aromatic heterocycles. The number of rotatable bonds is 2. The van der Waals surface area contributed by atoms with Gasteiger partial charge in [0.1, 0.15) is 0 Å². The molecule has 0 atom stereocenters. The van der Waals surface area contributed by atoms with E-state index < -0.39 is 0 Å². The van der Waals surface area contributed by atoms with Gasteiger partial charge in [-0.15, -0.1) is 0 Å². The van der Waals surface area contributed by atoms with Gasteiger partial charge in [0.15, 0.2) is 0 Å². The summed E-state index contributed by atoms with van der Waals surface area (Å²) in [5.41, 5.74) is 0. The summed E-state index contributed by atoms with van der Waals surface area (Å²) in [5.74, 6) is 0.833. The Morgan fingerprint density at radius 2 is 0.714 bits per heavy atom. The van der Waals surface area contributed by atoms with Gasteiger partial charge in [-0.2, -0.15) is 0 Å². The number of hydrogen-bond acceptors (Lipinski definition) is 0. The predicted molar refractivity (Wildman–Crippen MR) is 67.4 cm³/mol. The van der Waals surface area contributed by atoms with Gasteiger partial charge in [0.25, 0.3) is 0 Å². The van der Waals surface area contributed by atoms with Gasteiger partial charge < -0.3 is 12.4 Å². The Bertz CT molecular complexity index is 36.8. The van der Waals surface area contributed by atoms with Crippen molar-refractivity contribution >= 4 is 23.9 Å². The van der Waals surface area contributed by atoms with Crippen LogP contribution in [0.15, 0.2) is 0 Å². The number of hydrogen-bond donors (Lipinski definition) is 0. The molecule has 0 unspecified atom stereocenters. The van der Waals surface area contributed by atoms with Crippen LogP contribution in [0.5, 0.6) is 0 Å². The minimum Gasteiger partial charge on any atom is -1.00 e. The standard InChI is InChI=1S/3C4H10.ClH.Sn/c1-4(2)3;2*1-3-4-2;;/h4H,1-3H3;2*3-4H2,1-2H3;1H;/p-1. The van der Waals surface area contributed by atoms with Crippen molar-refractivity contribution in [3.8, 4) is 0 Å². The zero-order valence-electron chi connectivity index (χ0n) is 11.3. The second-order valence-electron chi connectivity index (χ2n) is 3.73. The molecule has 0 amide bonds. The first-order valence-corrected chi connectivity index (χ1v) is 5.56. The molecule has 0 bridgehead atoms. The van der Waals surface area contributed by atoms with E-state index in [0.717, 1.165) is 5.92 Å². The van der Waals surface area contributed by atoms with E-state index in [4.69, 9.17) is 0 Å². The fraction of sp³-hybridized carbons (Fsp3) is 1.00. The molecule has 14 heavy (non-hydrogen) atoms. The van der Waals surface area contributed by atoms with Gasteiger partial charge in [-0.25, -0.2) is 0 Å². The molecule has 0 spiro atoms. The SMILES string of the molecule is CC(C)C.CCCC.CCCC.[Cl-].[Sn]. The van der Waals surface area contributed by atoms with Crippen molar-refractivity contribution in [2.75, 3.05) is 0 Å². The van der Waals surface area contributed by atoms with Crippen LogP contribution in [0.25, 0.3) is 0 Å². The molecular weight excluding hydrogens is 298 g/mol. The Morgan fingerprint density at radius 3 is 0.714 bits per heavy atom. The third-order valence-corrected chi connectivity index (χ3v) is 1.000. The fourth-order valence-corrected chi connectivity index (χ4v) is 0. The third kappa shape index (κ3) is 200. The van der Waals surface area contributed by atoms with Crippen LogP contribution in [0.1, 0.15) is 74.1 Å². The molecule has 0 saturated heterocycles. The molecule has 0 aromatic rings. The zero-order valence-corrected chi connectivity index (χ0v) is 14.9. The van der Waals surface area contributed by atoms with Crippen molar-refractivity contribution in [1.82, 2.24) is 0 Å².